The first-order valence-corrected chi connectivity index (χ1v) is 12.7. The van der Waals surface area contributed by atoms with E-state index in [2.05, 4.69) is 21.1 Å². The summed E-state index contributed by atoms with van der Waals surface area (Å²) in [6.07, 6.45) is 7.66. The minimum Gasteiger partial charge on any atom is -0.263 e. The number of nitrogens with zero attached hydrogens (tertiary/aromatic N) is 3. The third kappa shape index (κ3) is 3.71. The highest BCUT2D eigenvalue weighted by Crippen LogP contribution is 2.53. The summed E-state index contributed by atoms with van der Waals surface area (Å²) in [6.45, 7) is 1.41. The lowest BCUT2D eigenvalue weighted by Gasteiger charge is -2.37. The molecule has 1 aliphatic carbocycles. The lowest BCUT2D eigenvalue weighted by molar-refractivity contribution is 0.308. The average Bonchev–Trinajstić information content (AvgIpc) is 3.50. The van der Waals surface area contributed by atoms with Crippen molar-refractivity contribution in [2.75, 3.05) is 0 Å². The third-order valence-electron chi connectivity index (χ3n) is 6.85. The van der Waals surface area contributed by atoms with Crippen molar-refractivity contribution in [1.29, 1.82) is 0 Å². The van der Waals surface area contributed by atoms with Gasteiger partial charge in [0, 0.05) is 17.7 Å². The predicted octanol–water partition coefficient (Wildman–Crippen LogP) is 4.14. The molecule has 0 spiro atoms. The number of benzene rings is 2. The second-order valence-corrected chi connectivity index (χ2v) is 11.1. The maximum absolute atomic E-state index is 15.3. The molecule has 3 aromatic rings. The number of aryl methyl sites for hydroxylation is 1. The fourth-order valence-electron chi connectivity index (χ4n) is 4.85. The maximum atomic E-state index is 15.3. The van der Waals surface area contributed by atoms with Gasteiger partial charge in [0.1, 0.15) is 22.7 Å². The van der Waals surface area contributed by atoms with Crippen LogP contribution in [0.2, 0.25) is 0 Å². The van der Waals surface area contributed by atoms with Crippen LogP contribution < -0.4 is 0 Å². The van der Waals surface area contributed by atoms with Gasteiger partial charge in [0.05, 0.1) is 11.5 Å². The quantitative estimate of drug-likeness (QED) is 0.555. The SMILES string of the molecule is C#C[C@H]1CC[C@H](c2ccccc2)S(=O)(=O)N1Cc1cc(F)c(C2(c3n[nH]c(C)n3)CC2)cc1F. The van der Waals surface area contributed by atoms with Crippen molar-refractivity contribution < 1.29 is 17.2 Å². The first-order valence-electron chi connectivity index (χ1n) is 11.2. The van der Waals surface area contributed by atoms with Crippen LogP contribution >= 0.6 is 0 Å². The van der Waals surface area contributed by atoms with Crippen LogP contribution in [0, 0.1) is 30.9 Å². The molecule has 1 aromatic heterocycles. The zero-order valence-corrected chi connectivity index (χ0v) is 19.4. The van der Waals surface area contributed by atoms with Crippen molar-refractivity contribution >= 4 is 10.0 Å². The average molecular weight is 483 g/mol. The summed E-state index contributed by atoms with van der Waals surface area (Å²) in [5, 5.41) is 6.12. The molecular formula is C25H24F2N4O2S. The van der Waals surface area contributed by atoms with Gasteiger partial charge in [-0.15, -0.1) is 6.42 Å². The van der Waals surface area contributed by atoms with Crippen molar-refractivity contribution in [3.8, 4) is 12.3 Å². The summed E-state index contributed by atoms with van der Waals surface area (Å²) in [7, 11) is -3.90. The Hall–Kier alpha value is -3.09. The van der Waals surface area contributed by atoms with Crippen LogP contribution in [-0.4, -0.2) is 33.9 Å². The van der Waals surface area contributed by atoms with Gasteiger partial charge in [-0.1, -0.05) is 36.3 Å². The van der Waals surface area contributed by atoms with Gasteiger partial charge >= 0.3 is 0 Å². The Morgan fingerprint density at radius 2 is 1.91 bits per heavy atom. The summed E-state index contributed by atoms with van der Waals surface area (Å²) >= 11 is 0. The summed E-state index contributed by atoms with van der Waals surface area (Å²) in [5.41, 5.74) is 0.0265. The summed E-state index contributed by atoms with van der Waals surface area (Å²) in [4.78, 5) is 4.32. The van der Waals surface area contributed by atoms with Crippen LogP contribution in [0.15, 0.2) is 42.5 Å². The van der Waals surface area contributed by atoms with Crippen LogP contribution in [0.4, 0.5) is 8.78 Å². The van der Waals surface area contributed by atoms with Gasteiger partial charge in [-0.25, -0.2) is 22.2 Å². The normalized spacial score (nSPS) is 23.4. The van der Waals surface area contributed by atoms with E-state index < -0.39 is 38.4 Å². The van der Waals surface area contributed by atoms with Crippen LogP contribution in [0.1, 0.15) is 59.3 Å². The number of terminal acetylenes is 1. The Bertz CT molecular complexity index is 1380. The molecule has 2 atom stereocenters. The van der Waals surface area contributed by atoms with Gasteiger partial charge in [0.15, 0.2) is 5.82 Å². The summed E-state index contributed by atoms with van der Waals surface area (Å²) in [5.74, 6) is 2.27. The maximum Gasteiger partial charge on any atom is 0.222 e. The molecule has 6 nitrogen and oxygen atoms in total. The molecule has 2 aromatic carbocycles. The van der Waals surface area contributed by atoms with E-state index in [-0.39, 0.29) is 17.7 Å². The van der Waals surface area contributed by atoms with Crippen LogP contribution in [0.5, 0.6) is 0 Å². The van der Waals surface area contributed by atoms with E-state index >= 15 is 8.78 Å². The Kier molecular flexibility index (Phi) is 5.53. The van der Waals surface area contributed by atoms with E-state index in [0.717, 1.165) is 16.4 Å². The lowest BCUT2D eigenvalue weighted by Crippen LogP contribution is -2.45. The monoisotopic (exact) mass is 482 g/mol. The van der Waals surface area contributed by atoms with Gasteiger partial charge in [0.2, 0.25) is 10.0 Å². The molecular weight excluding hydrogens is 458 g/mol. The highest BCUT2D eigenvalue weighted by molar-refractivity contribution is 7.89. The topological polar surface area (TPSA) is 79.0 Å². The van der Waals surface area contributed by atoms with Crippen molar-refractivity contribution in [2.45, 2.75) is 55.9 Å². The van der Waals surface area contributed by atoms with E-state index in [9.17, 15) is 8.42 Å². The Morgan fingerprint density at radius 3 is 2.53 bits per heavy atom. The number of halogens is 2. The highest BCUT2D eigenvalue weighted by Gasteiger charge is 2.51. The minimum absolute atomic E-state index is 0.0549. The fraction of sp³-hybridized carbons (Fsp3) is 0.360. The standard InChI is InChI=1S/C25H24F2N4O2S/c1-3-19-9-10-23(17-7-5-4-6-8-17)34(32,33)31(19)15-18-13-22(27)20(14-21(18)26)25(11-12-25)24-28-16(2)29-30-24/h1,4-8,13-14,19,23H,9-12,15H2,2H3,(H,28,29,30)/t19-,23+/m0/s1. The molecule has 34 heavy (non-hydrogen) atoms. The van der Waals surface area contributed by atoms with E-state index in [1.54, 1.807) is 31.2 Å². The molecule has 1 aliphatic heterocycles. The fourth-order valence-corrected chi connectivity index (χ4v) is 6.96. The largest absolute Gasteiger partial charge is 0.263 e. The lowest BCUT2D eigenvalue weighted by atomic mass is 9.93. The molecule has 0 unspecified atom stereocenters. The van der Waals surface area contributed by atoms with Crippen molar-refractivity contribution in [1.82, 2.24) is 19.5 Å². The molecule has 1 saturated heterocycles. The van der Waals surface area contributed by atoms with Gasteiger partial charge in [-0.05, 0) is 50.3 Å². The molecule has 176 valence electrons. The van der Waals surface area contributed by atoms with Crippen LogP contribution in [0.3, 0.4) is 0 Å². The minimum atomic E-state index is -3.90. The number of nitrogens with one attached hydrogen (secondary N) is 1. The first-order chi connectivity index (χ1) is 16.3. The number of aromatic amines is 1. The summed E-state index contributed by atoms with van der Waals surface area (Å²) in [6, 6.07) is 10.4. The molecule has 1 saturated carbocycles. The Morgan fingerprint density at radius 1 is 1.18 bits per heavy atom. The molecule has 5 rings (SSSR count). The number of hydrogen-bond acceptors (Lipinski definition) is 4. The Balaban J connectivity index is 1.48. The van der Waals surface area contributed by atoms with Gasteiger partial charge in [-0.3, -0.25) is 5.10 Å². The predicted molar refractivity (Wildman–Crippen MR) is 123 cm³/mol. The van der Waals surface area contributed by atoms with Crippen molar-refractivity contribution in [2.24, 2.45) is 0 Å². The number of sulfonamides is 1. The van der Waals surface area contributed by atoms with Gasteiger partial charge < -0.3 is 0 Å². The van der Waals surface area contributed by atoms with E-state index in [1.165, 1.54) is 0 Å². The number of aromatic nitrogens is 3. The highest BCUT2D eigenvalue weighted by atomic mass is 32.2. The van der Waals surface area contributed by atoms with E-state index in [4.69, 9.17) is 6.42 Å². The molecule has 2 heterocycles. The second-order valence-electron chi connectivity index (χ2n) is 9.00. The molecule has 0 radical (unpaired) electrons. The zero-order valence-electron chi connectivity index (χ0n) is 18.6. The van der Waals surface area contributed by atoms with Crippen LogP contribution in [0.25, 0.3) is 0 Å². The molecule has 0 bridgehead atoms. The van der Waals surface area contributed by atoms with Gasteiger partial charge in [0.25, 0.3) is 0 Å². The Labute approximate surface area is 197 Å². The molecule has 1 N–H and O–H groups in total. The molecule has 2 fully saturated rings. The molecule has 2 aliphatic rings. The number of hydrogen-bond donors (Lipinski definition) is 1. The van der Waals surface area contributed by atoms with E-state index in [0.29, 0.717) is 42.9 Å². The second kappa shape index (κ2) is 8.29. The summed E-state index contributed by atoms with van der Waals surface area (Å²) < 4.78 is 58.7. The van der Waals surface area contributed by atoms with Crippen molar-refractivity contribution in [3.63, 3.8) is 0 Å². The molecule has 0 amide bonds. The smallest absolute Gasteiger partial charge is 0.222 e. The van der Waals surface area contributed by atoms with Crippen LogP contribution in [-0.2, 0) is 22.0 Å². The molecule has 9 heteroatoms. The van der Waals surface area contributed by atoms with Gasteiger partial charge in [-0.2, -0.15) is 9.40 Å². The number of rotatable bonds is 5. The third-order valence-corrected chi connectivity index (χ3v) is 9.12. The zero-order chi connectivity index (χ0) is 24.1. The van der Waals surface area contributed by atoms with E-state index in [1.807, 2.05) is 6.07 Å². The number of H-pyrrole nitrogens is 1. The van der Waals surface area contributed by atoms with Crippen molar-refractivity contribution in [3.05, 3.63) is 82.4 Å². The first kappa shape index (κ1) is 22.7.